The second-order valence-corrected chi connectivity index (χ2v) is 6.75. The minimum absolute atomic E-state index is 0.435. The van der Waals surface area contributed by atoms with Crippen LogP contribution in [0.25, 0.3) is 0 Å². The Bertz CT molecular complexity index is 369. The van der Waals surface area contributed by atoms with Crippen molar-refractivity contribution in [2.24, 2.45) is 0 Å². The van der Waals surface area contributed by atoms with E-state index in [1.54, 1.807) is 0 Å². The van der Waals surface area contributed by atoms with Crippen molar-refractivity contribution in [1.82, 2.24) is 5.32 Å². The van der Waals surface area contributed by atoms with Gasteiger partial charge in [0.05, 0.1) is 0 Å². The molecule has 0 heterocycles. The van der Waals surface area contributed by atoms with Crippen molar-refractivity contribution in [3.8, 4) is 0 Å². The Morgan fingerprint density at radius 2 is 2.24 bits per heavy atom. The van der Waals surface area contributed by atoms with Crippen molar-refractivity contribution in [3.05, 3.63) is 34.3 Å². The minimum atomic E-state index is 0.435. The van der Waals surface area contributed by atoms with Gasteiger partial charge in [0.2, 0.25) is 0 Å². The molecule has 0 aliphatic heterocycles. The molecule has 0 spiro atoms. The molecule has 1 N–H and O–H groups in total. The fourth-order valence-corrected chi connectivity index (χ4v) is 3.95. The first-order chi connectivity index (χ1) is 8.20. The molecule has 1 saturated carbocycles. The molecule has 17 heavy (non-hydrogen) atoms. The van der Waals surface area contributed by atoms with Crippen LogP contribution in [-0.2, 0) is 0 Å². The number of rotatable bonds is 4. The molecule has 1 nitrogen and oxygen atoms in total. The first-order valence-electron chi connectivity index (χ1n) is 6.25. The molecule has 3 heteroatoms. The lowest BCUT2D eigenvalue weighted by molar-refractivity contribution is 0.467. The zero-order valence-electron chi connectivity index (χ0n) is 10.4. The Kier molecular flexibility index (Phi) is 4.95. The van der Waals surface area contributed by atoms with Crippen LogP contribution in [0, 0.1) is 0 Å². The molecule has 0 radical (unpaired) electrons. The Morgan fingerprint density at radius 3 is 2.94 bits per heavy atom. The predicted molar refractivity (Wildman–Crippen MR) is 80.6 cm³/mol. The van der Waals surface area contributed by atoms with Crippen molar-refractivity contribution in [1.29, 1.82) is 0 Å². The topological polar surface area (TPSA) is 12.0 Å². The lowest BCUT2D eigenvalue weighted by atomic mass is 10.1. The Hall–Kier alpha value is 0.01000. The molecule has 0 amide bonds. The van der Waals surface area contributed by atoms with Crippen molar-refractivity contribution in [2.75, 3.05) is 6.26 Å². The summed E-state index contributed by atoms with van der Waals surface area (Å²) in [5.74, 6) is 0. The van der Waals surface area contributed by atoms with Crippen LogP contribution in [0.3, 0.4) is 0 Å². The minimum Gasteiger partial charge on any atom is -0.306 e. The molecule has 1 fully saturated rings. The second kappa shape index (κ2) is 6.26. The van der Waals surface area contributed by atoms with Gasteiger partial charge >= 0.3 is 0 Å². The second-order valence-electron chi connectivity index (χ2n) is 4.75. The Morgan fingerprint density at radius 1 is 1.41 bits per heavy atom. The smallest absolute Gasteiger partial charge is 0.0295 e. The monoisotopic (exact) mass is 313 g/mol. The first-order valence-corrected chi connectivity index (χ1v) is 8.33. The fourth-order valence-electron chi connectivity index (χ4n) is 2.59. The number of nitrogens with one attached hydrogen (secondary N) is 1. The number of hydrogen-bond acceptors (Lipinski definition) is 2. The van der Waals surface area contributed by atoms with Crippen LogP contribution in [0.5, 0.6) is 0 Å². The molecule has 1 aromatic rings. The average molecular weight is 314 g/mol. The van der Waals surface area contributed by atoms with Gasteiger partial charge in [0.15, 0.2) is 0 Å². The number of halogens is 1. The summed E-state index contributed by atoms with van der Waals surface area (Å²) in [6.07, 6.45) is 6.29. The van der Waals surface area contributed by atoms with E-state index in [1.807, 2.05) is 11.8 Å². The van der Waals surface area contributed by atoms with Crippen molar-refractivity contribution in [3.63, 3.8) is 0 Å². The maximum absolute atomic E-state index is 3.78. The van der Waals surface area contributed by atoms with E-state index in [0.717, 1.165) is 9.72 Å². The normalized spacial score (nSPS) is 26.1. The highest BCUT2D eigenvalue weighted by atomic mass is 79.9. The van der Waals surface area contributed by atoms with Gasteiger partial charge in [0, 0.05) is 21.8 Å². The van der Waals surface area contributed by atoms with Gasteiger partial charge in [-0.25, -0.2) is 0 Å². The largest absolute Gasteiger partial charge is 0.306 e. The third-order valence-electron chi connectivity index (χ3n) is 3.57. The van der Waals surface area contributed by atoms with Crippen molar-refractivity contribution in [2.45, 2.75) is 43.5 Å². The van der Waals surface area contributed by atoms with Crippen molar-refractivity contribution < 1.29 is 0 Å². The van der Waals surface area contributed by atoms with E-state index in [-0.39, 0.29) is 0 Å². The summed E-state index contributed by atoms with van der Waals surface area (Å²) < 4.78 is 1.16. The molecular weight excluding hydrogens is 294 g/mol. The summed E-state index contributed by atoms with van der Waals surface area (Å²) in [6.45, 7) is 2.26. The third kappa shape index (κ3) is 3.49. The van der Waals surface area contributed by atoms with Gasteiger partial charge in [-0.2, -0.15) is 11.8 Å². The highest BCUT2D eigenvalue weighted by Gasteiger charge is 2.27. The average Bonchev–Trinajstić information content (AvgIpc) is 2.76. The van der Waals surface area contributed by atoms with E-state index >= 15 is 0 Å². The number of thioether (sulfide) groups is 1. The van der Waals surface area contributed by atoms with Crippen LogP contribution in [-0.4, -0.2) is 17.5 Å². The quantitative estimate of drug-likeness (QED) is 0.885. The van der Waals surface area contributed by atoms with Crippen LogP contribution in [0.4, 0.5) is 0 Å². The molecule has 3 atom stereocenters. The molecular formula is C14H20BrNS. The highest BCUT2D eigenvalue weighted by Crippen LogP contribution is 2.30. The van der Waals surface area contributed by atoms with Crippen LogP contribution in [0.2, 0.25) is 0 Å². The molecule has 94 valence electrons. The van der Waals surface area contributed by atoms with Gasteiger partial charge in [-0.15, -0.1) is 0 Å². The fraction of sp³-hybridized carbons (Fsp3) is 0.571. The van der Waals surface area contributed by atoms with Crippen LogP contribution in [0.1, 0.15) is 37.8 Å². The third-order valence-corrected chi connectivity index (χ3v) is 5.23. The first kappa shape index (κ1) is 13.4. The lowest BCUT2D eigenvalue weighted by Crippen LogP contribution is -2.35. The van der Waals surface area contributed by atoms with Crippen LogP contribution in [0.15, 0.2) is 28.7 Å². The number of hydrogen-bond donors (Lipinski definition) is 1. The maximum Gasteiger partial charge on any atom is 0.0295 e. The summed E-state index contributed by atoms with van der Waals surface area (Å²) in [7, 11) is 0. The Labute approximate surface area is 117 Å². The standard InChI is InChI=1S/C14H20BrNS/c1-10(11-5-3-6-12(15)9-11)16-13-7-4-8-14(13)17-2/h3,5-6,9-10,13-14,16H,4,7-8H2,1-2H3. The van der Waals surface area contributed by atoms with Gasteiger partial charge in [0.1, 0.15) is 0 Å². The van der Waals surface area contributed by atoms with Crippen molar-refractivity contribution >= 4 is 27.7 Å². The van der Waals surface area contributed by atoms with Gasteiger partial charge in [-0.3, -0.25) is 0 Å². The van der Waals surface area contributed by atoms with Crippen LogP contribution >= 0.6 is 27.7 Å². The molecule has 0 bridgehead atoms. The lowest BCUT2D eigenvalue weighted by Gasteiger charge is -2.24. The number of benzene rings is 1. The summed E-state index contributed by atoms with van der Waals surface area (Å²) in [4.78, 5) is 0. The maximum atomic E-state index is 3.78. The zero-order valence-corrected chi connectivity index (χ0v) is 12.9. The summed E-state index contributed by atoms with van der Waals surface area (Å²) in [5, 5.41) is 4.58. The summed E-state index contributed by atoms with van der Waals surface area (Å²) in [5.41, 5.74) is 1.37. The van der Waals surface area contributed by atoms with Gasteiger partial charge in [0.25, 0.3) is 0 Å². The van der Waals surface area contributed by atoms with E-state index in [2.05, 4.69) is 58.7 Å². The molecule has 1 aliphatic rings. The van der Waals surface area contributed by atoms with Gasteiger partial charge in [-0.05, 0) is 43.7 Å². The molecule has 1 aromatic carbocycles. The Balaban J connectivity index is 1.99. The van der Waals surface area contributed by atoms with E-state index in [9.17, 15) is 0 Å². The van der Waals surface area contributed by atoms with Gasteiger partial charge in [-0.1, -0.05) is 34.5 Å². The SMILES string of the molecule is CSC1CCCC1NC(C)c1cccc(Br)c1. The highest BCUT2D eigenvalue weighted by molar-refractivity contribution is 9.10. The van der Waals surface area contributed by atoms with E-state index in [0.29, 0.717) is 12.1 Å². The molecule has 0 saturated heterocycles. The molecule has 2 rings (SSSR count). The van der Waals surface area contributed by atoms with E-state index in [1.165, 1.54) is 24.8 Å². The van der Waals surface area contributed by atoms with E-state index in [4.69, 9.17) is 0 Å². The summed E-state index contributed by atoms with van der Waals surface area (Å²) >= 11 is 5.55. The van der Waals surface area contributed by atoms with Gasteiger partial charge < -0.3 is 5.32 Å². The zero-order chi connectivity index (χ0) is 12.3. The molecule has 0 aromatic heterocycles. The van der Waals surface area contributed by atoms with E-state index < -0.39 is 0 Å². The van der Waals surface area contributed by atoms with Crippen LogP contribution < -0.4 is 5.32 Å². The summed E-state index contributed by atoms with van der Waals surface area (Å²) in [6, 6.07) is 9.71. The molecule has 3 unspecified atom stereocenters. The predicted octanol–water partition coefficient (Wildman–Crippen LogP) is 4.38. The molecule has 1 aliphatic carbocycles.